The number of nitrogens with one attached hydrogen (secondary N) is 1. The van der Waals surface area contributed by atoms with Gasteiger partial charge in [0.05, 0.1) is 12.5 Å². The van der Waals surface area contributed by atoms with Crippen LogP contribution >= 0.6 is 0 Å². The van der Waals surface area contributed by atoms with Gasteiger partial charge >= 0.3 is 5.97 Å². The van der Waals surface area contributed by atoms with Crippen LogP contribution in [0.2, 0.25) is 0 Å². The van der Waals surface area contributed by atoms with Crippen LogP contribution in [0.1, 0.15) is 12.5 Å². The number of benzene rings is 2. The molecule has 0 radical (unpaired) electrons. The number of carbonyl (C=O) groups excluding carboxylic acids is 1. The van der Waals surface area contributed by atoms with Gasteiger partial charge in [-0.25, -0.2) is 0 Å². The first kappa shape index (κ1) is 19.5. The van der Waals surface area contributed by atoms with Crippen LogP contribution in [-0.4, -0.2) is 42.0 Å². The number of hydrogen-bond acceptors (Lipinski definition) is 4. The molecule has 0 saturated heterocycles. The highest BCUT2D eigenvalue weighted by atomic mass is 16.5. The highest BCUT2D eigenvalue weighted by Crippen LogP contribution is 2.17. The van der Waals surface area contributed by atoms with E-state index in [2.05, 4.69) is 5.32 Å². The van der Waals surface area contributed by atoms with Gasteiger partial charge in [0.2, 0.25) is 5.91 Å². The monoisotopic (exact) mass is 356 g/mol. The summed E-state index contributed by atoms with van der Waals surface area (Å²) in [5.41, 5.74) is 1.75. The summed E-state index contributed by atoms with van der Waals surface area (Å²) in [5, 5.41) is 11.7. The van der Waals surface area contributed by atoms with E-state index in [4.69, 9.17) is 9.84 Å². The van der Waals surface area contributed by atoms with Crippen molar-refractivity contribution in [3.05, 3.63) is 60.2 Å². The lowest BCUT2D eigenvalue weighted by molar-refractivity contribution is -0.141. The molecule has 0 bridgehead atoms. The quantitative estimate of drug-likeness (QED) is 0.722. The van der Waals surface area contributed by atoms with E-state index in [9.17, 15) is 9.59 Å². The third kappa shape index (κ3) is 6.57. The molecule has 2 aromatic carbocycles. The topological polar surface area (TPSA) is 78.9 Å². The molecule has 6 nitrogen and oxygen atoms in total. The Labute approximate surface area is 153 Å². The Balaban J connectivity index is 1.79. The van der Waals surface area contributed by atoms with Gasteiger partial charge in [-0.3, -0.25) is 14.5 Å². The third-order valence-corrected chi connectivity index (χ3v) is 3.81. The molecule has 2 rings (SSSR count). The lowest BCUT2D eigenvalue weighted by atomic mass is 10.2. The number of anilines is 1. The molecule has 0 fully saturated rings. The van der Waals surface area contributed by atoms with Crippen molar-refractivity contribution in [1.82, 2.24) is 4.90 Å². The normalized spacial score (nSPS) is 11.8. The Morgan fingerprint density at radius 2 is 1.77 bits per heavy atom. The first-order chi connectivity index (χ1) is 12.4. The fraction of sp³-hybridized carbons (Fsp3) is 0.300. The van der Waals surface area contributed by atoms with Crippen LogP contribution < -0.4 is 10.1 Å². The van der Waals surface area contributed by atoms with Crippen LogP contribution in [0, 0.1) is 5.92 Å². The number of nitrogens with zero attached hydrogens (tertiary/aromatic N) is 1. The average molecular weight is 356 g/mol. The number of amides is 1. The molecule has 2 aromatic rings. The second-order valence-corrected chi connectivity index (χ2v) is 6.28. The number of likely N-dealkylation sites (N-methyl/N-ethyl adjacent to an activating group) is 1. The van der Waals surface area contributed by atoms with E-state index < -0.39 is 11.9 Å². The predicted molar refractivity (Wildman–Crippen MR) is 100 cm³/mol. The molecule has 1 amide bonds. The molecular weight excluding hydrogens is 332 g/mol. The lowest BCUT2D eigenvalue weighted by Gasteiger charge is -2.18. The minimum absolute atomic E-state index is 0.129. The second-order valence-electron chi connectivity index (χ2n) is 6.28. The van der Waals surface area contributed by atoms with Crippen molar-refractivity contribution in [3.63, 3.8) is 0 Å². The van der Waals surface area contributed by atoms with Crippen LogP contribution in [0.3, 0.4) is 0 Å². The third-order valence-electron chi connectivity index (χ3n) is 3.81. The zero-order chi connectivity index (χ0) is 18.9. The predicted octanol–water partition coefficient (Wildman–Crippen LogP) is 2.86. The molecule has 1 unspecified atom stereocenters. The largest absolute Gasteiger partial charge is 0.489 e. The van der Waals surface area contributed by atoms with Gasteiger partial charge in [-0.15, -0.1) is 0 Å². The van der Waals surface area contributed by atoms with Crippen LogP contribution in [0.15, 0.2) is 54.6 Å². The number of aliphatic carboxylic acids is 1. The van der Waals surface area contributed by atoms with Crippen molar-refractivity contribution >= 4 is 17.6 Å². The summed E-state index contributed by atoms with van der Waals surface area (Å²) >= 11 is 0. The molecule has 2 N–H and O–H groups in total. The summed E-state index contributed by atoms with van der Waals surface area (Å²) in [5.74, 6) is -0.862. The van der Waals surface area contributed by atoms with Gasteiger partial charge in [0.25, 0.3) is 0 Å². The minimum Gasteiger partial charge on any atom is -0.489 e. The number of carboxylic acid groups (broad SMARTS) is 1. The number of carbonyl (C=O) groups is 2. The first-order valence-electron chi connectivity index (χ1n) is 8.42. The maximum Gasteiger partial charge on any atom is 0.307 e. The van der Waals surface area contributed by atoms with Crippen molar-refractivity contribution in [2.45, 2.75) is 13.5 Å². The molecular formula is C20H24N2O4. The number of hydrogen-bond donors (Lipinski definition) is 2. The van der Waals surface area contributed by atoms with Crippen molar-refractivity contribution in [1.29, 1.82) is 0 Å². The Morgan fingerprint density at radius 1 is 1.12 bits per heavy atom. The fourth-order valence-corrected chi connectivity index (χ4v) is 2.43. The fourth-order valence-electron chi connectivity index (χ4n) is 2.43. The van der Waals surface area contributed by atoms with Crippen molar-refractivity contribution in [2.75, 3.05) is 25.5 Å². The minimum atomic E-state index is -0.872. The molecule has 26 heavy (non-hydrogen) atoms. The van der Waals surface area contributed by atoms with E-state index in [0.29, 0.717) is 18.8 Å². The van der Waals surface area contributed by atoms with E-state index in [0.717, 1.165) is 11.3 Å². The highest BCUT2D eigenvalue weighted by Gasteiger charge is 2.15. The summed E-state index contributed by atoms with van der Waals surface area (Å²) < 4.78 is 5.71. The number of rotatable bonds is 9. The maximum atomic E-state index is 12.0. The van der Waals surface area contributed by atoms with Crippen molar-refractivity contribution < 1.29 is 19.4 Å². The smallest absolute Gasteiger partial charge is 0.307 e. The molecule has 0 aliphatic carbocycles. The molecule has 0 aliphatic heterocycles. The van der Waals surface area contributed by atoms with Gasteiger partial charge in [0, 0.05) is 12.2 Å². The van der Waals surface area contributed by atoms with Gasteiger partial charge in [-0.1, -0.05) is 37.3 Å². The molecule has 0 aromatic heterocycles. The maximum absolute atomic E-state index is 12.0. The Kier molecular flexibility index (Phi) is 7.17. The molecule has 0 spiro atoms. The summed E-state index contributed by atoms with van der Waals surface area (Å²) in [7, 11) is 1.72. The highest BCUT2D eigenvalue weighted by molar-refractivity contribution is 5.92. The van der Waals surface area contributed by atoms with Gasteiger partial charge in [0.15, 0.2) is 0 Å². The van der Waals surface area contributed by atoms with Crippen molar-refractivity contribution in [2.24, 2.45) is 5.92 Å². The molecule has 138 valence electrons. The van der Waals surface area contributed by atoms with E-state index in [1.807, 2.05) is 30.3 Å². The van der Waals surface area contributed by atoms with E-state index >= 15 is 0 Å². The molecule has 0 aliphatic rings. The van der Waals surface area contributed by atoms with Gasteiger partial charge in [-0.05, 0) is 36.9 Å². The van der Waals surface area contributed by atoms with Gasteiger partial charge in [0.1, 0.15) is 12.4 Å². The van der Waals surface area contributed by atoms with Crippen LogP contribution in [0.4, 0.5) is 5.69 Å². The second kappa shape index (κ2) is 9.58. The first-order valence-corrected chi connectivity index (χ1v) is 8.42. The van der Waals surface area contributed by atoms with Gasteiger partial charge in [-0.2, -0.15) is 0 Å². The zero-order valence-corrected chi connectivity index (χ0v) is 15.0. The average Bonchev–Trinajstić information content (AvgIpc) is 2.61. The summed E-state index contributed by atoms with van der Waals surface area (Å²) in [6, 6.07) is 17.0. The molecule has 0 heterocycles. The number of ether oxygens (including phenoxy) is 1. The van der Waals surface area contributed by atoms with Crippen LogP contribution in [0.25, 0.3) is 0 Å². The molecule has 6 heteroatoms. The standard InChI is InChI=1S/C20H24N2O4/c1-15(20(24)25)12-22(2)13-19(23)21-17-8-10-18(11-9-17)26-14-16-6-4-3-5-7-16/h3-11,15H,12-14H2,1-2H3,(H,21,23)(H,24,25). The van der Waals surface area contributed by atoms with E-state index in [1.54, 1.807) is 43.1 Å². The Morgan fingerprint density at radius 3 is 2.38 bits per heavy atom. The Bertz CT molecular complexity index is 716. The van der Waals surface area contributed by atoms with Crippen LogP contribution in [0.5, 0.6) is 5.75 Å². The Hall–Kier alpha value is -2.86. The van der Waals surface area contributed by atoms with Crippen LogP contribution in [-0.2, 0) is 16.2 Å². The molecule has 0 saturated carbocycles. The summed E-state index contributed by atoms with van der Waals surface area (Å²) in [6.07, 6.45) is 0. The lowest BCUT2D eigenvalue weighted by Crippen LogP contribution is -2.35. The zero-order valence-electron chi connectivity index (χ0n) is 15.0. The van der Waals surface area contributed by atoms with Gasteiger partial charge < -0.3 is 15.2 Å². The van der Waals surface area contributed by atoms with Crippen molar-refractivity contribution in [3.8, 4) is 5.75 Å². The van der Waals surface area contributed by atoms with E-state index in [-0.39, 0.29) is 12.5 Å². The molecule has 1 atom stereocenters. The summed E-state index contributed by atoms with van der Waals surface area (Å²) in [6.45, 7) is 2.54. The van der Waals surface area contributed by atoms with E-state index in [1.165, 1.54) is 0 Å². The summed E-state index contributed by atoms with van der Waals surface area (Å²) in [4.78, 5) is 24.6. The number of carboxylic acids is 1. The SMILES string of the molecule is CC(CN(C)CC(=O)Nc1ccc(OCc2ccccc2)cc1)C(=O)O.